The van der Waals surface area contributed by atoms with E-state index in [9.17, 15) is 20.4 Å². The molecule has 4 heteroatoms. The Hall–Kier alpha value is -0.680. The van der Waals surface area contributed by atoms with E-state index in [2.05, 4.69) is 61.1 Å². The van der Waals surface area contributed by atoms with Gasteiger partial charge in [0.2, 0.25) is 0 Å². The smallest absolute Gasteiger partial charge is 0.0634 e. The number of aliphatic hydroxyl groups excluding tert-OH is 4. The molecule has 0 aliphatic heterocycles. The molecule has 0 aromatic rings. The van der Waals surface area contributed by atoms with Crippen LogP contribution < -0.4 is 0 Å². The zero-order valence-electron chi connectivity index (χ0n) is 22.9. The Morgan fingerprint density at radius 1 is 0.706 bits per heavy atom. The van der Waals surface area contributed by atoms with E-state index in [4.69, 9.17) is 0 Å². The summed E-state index contributed by atoms with van der Waals surface area (Å²) in [4.78, 5) is 0. The van der Waals surface area contributed by atoms with Gasteiger partial charge in [0, 0.05) is 10.8 Å². The van der Waals surface area contributed by atoms with Crippen molar-refractivity contribution in [2.75, 3.05) is 0 Å². The first-order valence-corrected chi connectivity index (χ1v) is 13.6. The van der Waals surface area contributed by atoms with Gasteiger partial charge in [-0.1, -0.05) is 65.3 Å². The van der Waals surface area contributed by atoms with E-state index in [0.29, 0.717) is 32.1 Å². The lowest BCUT2D eigenvalue weighted by molar-refractivity contribution is -0.0377. The van der Waals surface area contributed by atoms with Crippen LogP contribution in [0.25, 0.3) is 0 Å². The highest BCUT2D eigenvalue weighted by Crippen LogP contribution is 2.55. The van der Waals surface area contributed by atoms with E-state index in [0.717, 1.165) is 31.3 Å². The zero-order valence-corrected chi connectivity index (χ0v) is 22.9. The molecule has 0 saturated heterocycles. The minimum absolute atomic E-state index is 0.0238. The third-order valence-corrected chi connectivity index (χ3v) is 10.00. The number of aliphatic hydroxyl groups is 4. The van der Waals surface area contributed by atoms with Crippen LogP contribution in [0.4, 0.5) is 0 Å². The Morgan fingerprint density at radius 3 is 1.71 bits per heavy atom. The van der Waals surface area contributed by atoms with Crippen molar-refractivity contribution in [2.24, 2.45) is 33.5 Å². The molecule has 0 bridgehead atoms. The summed E-state index contributed by atoms with van der Waals surface area (Å²) in [7, 11) is 0. The van der Waals surface area contributed by atoms with E-state index in [1.165, 1.54) is 5.57 Å². The van der Waals surface area contributed by atoms with Crippen LogP contribution >= 0.6 is 0 Å². The molecule has 4 N–H and O–H groups in total. The van der Waals surface area contributed by atoms with Gasteiger partial charge in [0.25, 0.3) is 0 Å². The molecule has 3 rings (SSSR count). The second-order valence-electron chi connectivity index (χ2n) is 14.4. The lowest BCUT2D eigenvalue weighted by Gasteiger charge is -2.46. The Bertz CT molecular complexity index is 783. The molecule has 0 aromatic heterocycles. The molecule has 2 saturated carbocycles. The molecule has 0 heterocycles. The highest BCUT2D eigenvalue weighted by atomic mass is 16.3. The van der Waals surface area contributed by atoms with Gasteiger partial charge >= 0.3 is 0 Å². The molecule has 0 aromatic carbocycles. The first-order chi connectivity index (χ1) is 15.5. The largest absolute Gasteiger partial charge is 0.393 e. The summed E-state index contributed by atoms with van der Waals surface area (Å²) in [5.41, 5.74) is 1.33. The van der Waals surface area contributed by atoms with Gasteiger partial charge in [-0.15, -0.1) is 0 Å². The van der Waals surface area contributed by atoms with Crippen molar-refractivity contribution in [3.63, 3.8) is 0 Å². The Morgan fingerprint density at radius 2 is 1.18 bits per heavy atom. The van der Waals surface area contributed by atoms with Crippen molar-refractivity contribution in [1.82, 2.24) is 0 Å². The standard InChI is InChI=1S/C30H52O4/c1-19-9-11-25(33)30(8)16-22(32)14-28(5,6)18-24(30)20(2)10-12-26(34)29(7)15-21(31)13-27(3,4)17-23(19)29/h10,21-26,31-34H,1,9,11-18H2,2-8H3/t21-,22-,23+,24+,25+,26-,29-,30-/m0/s1. The maximum Gasteiger partial charge on any atom is 0.0634 e. The Kier molecular flexibility index (Phi) is 7.92. The molecule has 196 valence electrons. The van der Waals surface area contributed by atoms with Crippen LogP contribution in [0.15, 0.2) is 23.8 Å². The fraction of sp³-hybridized carbons (Fsp3) is 0.867. The quantitative estimate of drug-likeness (QED) is 0.334. The van der Waals surface area contributed by atoms with Gasteiger partial charge in [-0.3, -0.25) is 0 Å². The van der Waals surface area contributed by atoms with Crippen LogP contribution in [-0.4, -0.2) is 44.8 Å². The monoisotopic (exact) mass is 476 g/mol. The van der Waals surface area contributed by atoms with E-state index in [1.54, 1.807) is 0 Å². The van der Waals surface area contributed by atoms with Gasteiger partial charge < -0.3 is 20.4 Å². The van der Waals surface area contributed by atoms with Gasteiger partial charge in [-0.05, 0) is 87.4 Å². The third-order valence-electron chi connectivity index (χ3n) is 10.00. The summed E-state index contributed by atoms with van der Waals surface area (Å²) in [5.74, 6) is 0.217. The number of hydrogen-bond acceptors (Lipinski definition) is 4. The number of fused-ring (bicyclic) bond motifs is 2. The van der Waals surface area contributed by atoms with Crippen molar-refractivity contribution in [3.8, 4) is 0 Å². The predicted octanol–water partition coefficient (Wildman–Crippen LogP) is 5.78. The van der Waals surface area contributed by atoms with Crippen molar-refractivity contribution in [1.29, 1.82) is 0 Å². The maximum absolute atomic E-state index is 11.6. The number of rotatable bonds is 0. The molecule has 3 aliphatic carbocycles. The molecular weight excluding hydrogens is 424 g/mol. The van der Waals surface area contributed by atoms with Crippen LogP contribution in [0.1, 0.15) is 106 Å². The van der Waals surface area contributed by atoms with Gasteiger partial charge in [-0.2, -0.15) is 0 Å². The second kappa shape index (κ2) is 9.65. The second-order valence-corrected chi connectivity index (χ2v) is 14.4. The third kappa shape index (κ3) is 5.66. The van der Waals surface area contributed by atoms with Crippen LogP contribution in [0, 0.1) is 33.5 Å². The lowest BCUT2D eigenvalue weighted by atomic mass is 9.61. The highest BCUT2D eigenvalue weighted by Gasteiger charge is 2.50. The Labute approximate surface area is 208 Å². The fourth-order valence-corrected chi connectivity index (χ4v) is 8.02. The van der Waals surface area contributed by atoms with Gasteiger partial charge in [0.1, 0.15) is 0 Å². The number of allylic oxidation sites excluding steroid dienone is 2. The van der Waals surface area contributed by atoms with Crippen LogP contribution in [0.5, 0.6) is 0 Å². The Balaban J connectivity index is 2.07. The highest BCUT2D eigenvalue weighted by molar-refractivity contribution is 5.18. The van der Waals surface area contributed by atoms with Crippen molar-refractivity contribution in [2.45, 2.75) is 131 Å². The minimum atomic E-state index is -0.576. The zero-order chi connectivity index (χ0) is 25.7. The van der Waals surface area contributed by atoms with E-state index in [-0.39, 0.29) is 22.7 Å². The first kappa shape index (κ1) is 27.9. The lowest BCUT2D eigenvalue weighted by Crippen LogP contribution is -2.44. The van der Waals surface area contributed by atoms with Crippen LogP contribution in [0.3, 0.4) is 0 Å². The molecule has 0 radical (unpaired) electrons. The topological polar surface area (TPSA) is 80.9 Å². The molecule has 8 atom stereocenters. The van der Waals surface area contributed by atoms with Gasteiger partial charge in [-0.25, -0.2) is 0 Å². The summed E-state index contributed by atoms with van der Waals surface area (Å²) in [6.45, 7) is 19.8. The van der Waals surface area contributed by atoms with Gasteiger partial charge in [0.15, 0.2) is 0 Å². The molecule has 0 spiro atoms. The summed E-state index contributed by atoms with van der Waals surface area (Å²) in [6, 6.07) is 0. The SMILES string of the molecule is C=C1CC[C@@H](O)[C@@]2(C)C[C@@H](O)CC(C)(C)C[C@@H]2C(C)=CC[C@H](O)[C@@]2(C)C[C@@H](O)CC(C)(C)C[C@H]12. The van der Waals surface area contributed by atoms with Crippen molar-refractivity contribution < 1.29 is 20.4 Å². The van der Waals surface area contributed by atoms with E-state index in [1.807, 2.05) is 0 Å². The normalized spacial score (nSPS) is 46.0. The molecule has 2 fully saturated rings. The maximum atomic E-state index is 11.6. The average molecular weight is 477 g/mol. The molecule has 4 nitrogen and oxygen atoms in total. The van der Waals surface area contributed by atoms with Crippen molar-refractivity contribution in [3.05, 3.63) is 23.8 Å². The van der Waals surface area contributed by atoms with E-state index >= 15 is 0 Å². The van der Waals surface area contributed by atoms with Crippen molar-refractivity contribution >= 4 is 0 Å². The van der Waals surface area contributed by atoms with Crippen LogP contribution in [-0.2, 0) is 0 Å². The molecule has 0 unspecified atom stereocenters. The average Bonchev–Trinajstić information content (AvgIpc) is 2.85. The molecule has 0 amide bonds. The molecule has 3 aliphatic rings. The van der Waals surface area contributed by atoms with Gasteiger partial charge in [0.05, 0.1) is 24.4 Å². The number of hydrogen-bond donors (Lipinski definition) is 4. The molecule has 34 heavy (non-hydrogen) atoms. The van der Waals surface area contributed by atoms with Crippen LogP contribution in [0.2, 0.25) is 0 Å². The summed E-state index contributed by atoms with van der Waals surface area (Å²) in [5, 5.41) is 45.1. The minimum Gasteiger partial charge on any atom is -0.393 e. The predicted molar refractivity (Wildman–Crippen MR) is 139 cm³/mol. The summed E-state index contributed by atoms with van der Waals surface area (Å²) in [6.07, 6.45) is 6.44. The molecular formula is C30H52O4. The first-order valence-electron chi connectivity index (χ1n) is 13.6. The van der Waals surface area contributed by atoms with E-state index < -0.39 is 35.2 Å². The summed E-state index contributed by atoms with van der Waals surface area (Å²) < 4.78 is 0. The summed E-state index contributed by atoms with van der Waals surface area (Å²) >= 11 is 0. The fourth-order valence-electron chi connectivity index (χ4n) is 8.02.